The molecule has 0 fully saturated rings. The summed E-state index contributed by atoms with van der Waals surface area (Å²) >= 11 is 3.56. The maximum absolute atomic E-state index is 3.56. The summed E-state index contributed by atoms with van der Waals surface area (Å²) in [5.74, 6) is 0.870. The van der Waals surface area contributed by atoms with E-state index in [1.54, 1.807) is 0 Å². The predicted molar refractivity (Wildman–Crippen MR) is 42.5 cm³/mol. The molecule has 1 unspecified atom stereocenters. The van der Waals surface area contributed by atoms with Crippen molar-refractivity contribution in [3.8, 4) is 0 Å². The molecular weight excluding hydrogens is 164 g/mol. The van der Waals surface area contributed by atoms with Gasteiger partial charge in [0, 0.05) is 4.83 Å². The summed E-state index contributed by atoms with van der Waals surface area (Å²) in [6.45, 7) is 6.70. The van der Waals surface area contributed by atoms with Crippen molar-refractivity contribution in [2.75, 3.05) is 0 Å². The Hall–Kier alpha value is 0.480. The van der Waals surface area contributed by atoms with E-state index in [1.165, 1.54) is 12.8 Å². The Morgan fingerprint density at radius 1 is 1.25 bits per heavy atom. The molecule has 0 spiro atoms. The Morgan fingerprint density at radius 3 is 1.62 bits per heavy atom. The van der Waals surface area contributed by atoms with E-state index >= 15 is 0 Å². The van der Waals surface area contributed by atoms with Gasteiger partial charge >= 0.3 is 0 Å². The van der Waals surface area contributed by atoms with E-state index in [4.69, 9.17) is 0 Å². The van der Waals surface area contributed by atoms with Crippen molar-refractivity contribution in [2.45, 2.75) is 38.4 Å². The molecule has 0 saturated heterocycles. The molecular formula is C7H15Br. The van der Waals surface area contributed by atoms with Crippen LogP contribution in [0, 0.1) is 5.92 Å². The molecule has 0 aromatic heterocycles. The first-order valence-electron chi connectivity index (χ1n) is 3.36. The number of rotatable bonds is 3. The van der Waals surface area contributed by atoms with Gasteiger partial charge in [0.1, 0.15) is 0 Å². The fourth-order valence-electron chi connectivity index (χ4n) is 0.938. The second-order valence-electron chi connectivity index (χ2n) is 2.25. The highest BCUT2D eigenvalue weighted by atomic mass is 79.9. The molecule has 0 saturated carbocycles. The highest BCUT2D eigenvalue weighted by Gasteiger charge is 2.07. The molecule has 0 N–H and O–H groups in total. The van der Waals surface area contributed by atoms with Crippen LogP contribution >= 0.6 is 15.9 Å². The molecule has 1 atom stereocenters. The maximum atomic E-state index is 3.56. The SMILES string of the molecule is CCC(CC)C(C)Br. The molecule has 0 nitrogen and oxygen atoms in total. The molecule has 0 heterocycles. The summed E-state index contributed by atoms with van der Waals surface area (Å²) in [4.78, 5) is 0.692. The van der Waals surface area contributed by atoms with Gasteiger partial charge in [-0.3, -0.25) is 0 Å². The van der Waals surface area contributed by atoms with E-state index < -0.39 is 0 Å². The third-order valence-corrected chi connectivity index (χ3v) is 2.45. The van der Waals surface area contributed by atoms with Crippen LogP contribution < -0.4 is 0 Å². The molecule has 0 aromatic carbocycles. The van der Waals surface area contributed by atoms with Crippen LogP contribution in [0.5, 0.6) is 0 Å². The van der Waals surface area contributed by atoms with Crippen LogP contribution in [0.1, 0.15) is 33.6 Å². The third-order valence-electron chi connectivity index (χ3n) is 1.70. The average molecular weight is 179 g/mol. The summed E-state index contributed by atoms with van der Waals surface area (Å²) in [6.07, 6.45) is 2.59. The third kappa shape index (κ3) is 2.71. The van der Waals surface area contributed by atoms with Crippen LogP contribution in [0.2, 0.25) is 0 Å². The van der Waals surface area contributed by atoms with Gasteiger partial charge in [0.2, 0.25) is 0 Å². The molecule has 0 aliphatic heterocycles. The van der Waals surface area contributed by atoms with E-state index in [2.05, 4.69) is 36.7 Å². The average Bonchev–Trinajstić information content (AvgIpc) is 1.69. The van der Waals surface area contributed by atoms with Crippen molar-refractivity contribution in [1.82, 2.24) is 0 Å². The second-order valence-corrected chi connectivity index (χ2v) is 3.70. The van der Waals surface area contributed by atoms with Gasteiger partial charge < -0.3 is 0 Å². The summed E-state index contributed by atoms with van der Waals surface area (Å²) in [7, 11) is 0. The van der Waals surface area contributed by atoms with E-state index in [0.717, 1.165) is 5.92 Å². The maximum Gasteiger partial charge on any atom is 0.0145 e. The van der Waals surface area contributed by atoms with Crippen LogP contribution in [0.15, 0.2) is 0 Å². The number of alkyl halides is 1. The molecule has 0 aliphatic rings. The van der Waals surface area contributed by atoms with Gasteiger partial charge in [-0.2, -0.15) is 0 Å². The normalized spacial score (nSPS) is 14.6. The molecule has 0 bridgehead atoms. The molecule has 8 heavy (non-hydrogen) atoms. The van der Waals surface area contributed by atoms with Crippen molar-refractivity contribution in [2.24, 2.45) is 5.92 Å². The molecule has 0 aliphatic carbocycles. The number of halogens is 1. The Kier molecular flexibility index (Phi) is 4.63. The first-order chi connectivity index (χ1) is 3.72. The van der Waals surface area contributed by atoms with Crippen molar-refractivity contribution < 1.29 is 0 Å². The molecule has 0 amide bonds. The molecule has 1 heteroatoms. The fraction of sp³-hybridized carbons (Fsp3) is 1.00. The Balaban J connectivity index is 3.35. The topological polar surface area (TPSA) is 0 Å². The predicted octanol–water partition coefficient (Wildman–Crippen LogP) is 3.21. The first kappa shape index (κ1) is 8.48. The smallest absolute Gasteiger partial charge is 0.0145 e. The zero-order valence-electron chi connectivity index (χ0n) is 5.95. The van der Waals surface area contributed by atoms with E-state index in [-0.39, 0.29) is 0 Å². The van der Waals surface area contributed by atoms with E-state index in [0.29, 0.717) is 4.83 Å². The lowest BCUT2D eigenvalue weighted by Gasteiger charge is -2.13. The summed E-state index contributed by atoms with van der Waals surface area (Å²) < 4.78 is 0. The highest BCUT2D eigenvalue weighted by Crippen LogP contribution is 2.18. The Labute approximate surface area is 60.8 Å². The summed E-state index contributed by atoms with van der Waals surface area (Å²) in [5, 5.41) is 0. The van der Waals surface area contributed by atoms with Crippen molar-refractivity contribution in [3.05, 3.63) is 0 Å². The van der Waals surface area contributed by atoms with Crippen LogP contribution in [0.4, 0.5) is 0 Å². The Bertz CT molecular complexity index is 46.3. The zero-order chi connectivity index (χ0) is 6.57. The van der Waals surface area contributed by atoms with Gasteiger partial charge in [0.25, 0.3) is 0 Å². The van der Waals surface area contributed by atoms with Gasteiger partial charge in [-0.1, -0.05) is 49.5 Å². The quantitative estimate of drug-likeness (QED) is 0.583. The monoisotopic (exact) mass is 178 g/mol. The van der Waals surface area contributed by atoms with Crippen molar-refractivity contribution in [3.63, 3.8) is 0 Å². The van der Waals surface area contributed by atoms with Crippen LogP contribution in [-0.4, -0.2) is 4.83 Å². The van der Waals surface area contributed by atoms with E-state index in [9.17, 15) is 0 Å². The van der Waals surface area contributed by atoms with Gasteiger partial charge in [0.05, 0.1) is 0 Å². The van der Waals surface area contributed by atoms with E-state index in [1.807, 2.05) is 0 Å². The zero-order valence-corrected chi connectivity index (χ0v) is 7.53. The lowest BCUT2D eigenvalue weighted by atomic mass is 10.0. The Morgan fingerprint density at radius 2 is 1.62 bits per heavy atom. The number of hydrogen-bond donors (Lipinski definition) is 0. The van der Waals surface area contributed by atoms with Gasteiger partial charge in [-0.25, -0.2) is 0 Å². The van der Waals surface area contributed by atoms with Crippen molar-refractivity contribution in [1.29, 1.82) is 0 Å². The lowest BCUT2D eigenvalue weighted by Crippen LogP contribution is -2.07. The molecule has 50 valence electrons. The highest BCUT2D eigenvalue weighted by molar-refractivity contribution is 9.09. The minimum absolute atomic E-state index is 0.692. The van der Waals surface area contributed by atoms with Gasteiger partial charge in [-0.15, -0.1) is 0 Å². The van der Waals surface area contributed by atoms with Gasteiger partial charge in [0.15, 0.2) is 0 Å². The van der Waals surface area contributed by atoms with Crippen LogP contribution in [-0.2, 0) is 0 Å². The number of hydrogen-bond acceptors (Lipinski definition) is 0. The summed E-state index contributed by atoms with van der Waals surface area (Å²) in [6, 6.07) is 0. The standard InChI is InChI=1S/C7H15Br/c1-4-7(5-2)6(3)8/h6-7H,4-5H2,1-3H3. The minimum atomic E-state index is 0.692. The lowest BCUT2D eigenvalue weighted by molar-refractivity contribution is 0.494. The fourth-order valence-corrected chi connectivity index (χ4v) is 1.69. The largest absolute Gasteiger partial charge is 0.0891 e. The van der Waals surface area contributed by atoms with Crippen molar-refractivity contribution >= 4 is 15.9 Å². The molecule has 0 aromatic rings. The molecule has 0 radical (unpaired) electrons. The summed E-state index contributed by atoms with van der Waals surface area (Å²) in [5.41, 5.74) is 0. The first-order valence-corrected chi connectivity index (χ1v) is 4.28. The van der Waals surface area contributed by atoms with Crippen LogP contribution in [0.3, 0.4) is 0 Å². The van der Waals surface area contributed by atoms with Crippen LogP contribution in [0.25, 0.3) is 0 Å². The van der Waals surface area contributed by atoms with Gasteiger partial charge in [-0.05, 0) is 5.92 Å². The molecule has 0 rings (SSSR count). The second kappa shape index (κ2) is 4.37. The minimum Gasteiger partial charge on any atom is -0.0891 e.